The lowest BCUT2D eigenvalue weighted by Gasteiger charge is -2.12. The van der Waals surface area contributed by atoms with Crippen molar-refractivity contribution in [2.45, 2.75) is 13.8 Å². The minimum absolute atomic E-state index is 0.417. The van der Waals surface area contributed by atoms with Gasteiger partial charge in [-0.1, -0.05) is 0 Å². The Balaban J connectivity index is 2.11. The van der Waals surface area contributed by atoms with E-state index < -0.39 is 6.03 Å². The fourth-order valence-electron chi connectivity index (χ4n) is 2.10. The van der Waals surface area contributed by atoms with E-state index in [1.165, 1.54) is 12.2 Å². The van der Waals surface area contributed by atoms with Gasteiger partial charge in [-0.25, -0.2) is 14.4 Å². The highest BCUT2D eigenvalue weighted by Gasteiger charge is 2.08. The SMILES string of the molecule is Cc1cc(N=C=O)ccc1NC(=O)Nc1ccc(N=C=O)cc1C. The normalized spacial score (nSPS) is 9.42. The number of rotatable bonds is 4. The number of nitrogens with zero attached hydrogens (tertiary/aromatic N) is 2. The molecular weight excluding hydrogens is 308 g/mol. The summed E-state index contributed by atoms with van der Waals surface area (Å²) in [4.78, 5) is 39.7. The quantitative estimate of drug-likeness (QED) is 0.659. The lowest BCUT2D eigenvalue weighted by molar-refractivity contribution is 0.262. The number of benzene rings is 2. The van der Waals surface area contributed by atoms with Gasteiger partial charge in [-0.05, 0) is 61.4 Å². The monoisotopic (exact) mass is 322 g/mol. The van der Waals surface area contributed by atoms with Gasteiger partial charge in [0, 0.05) is 11.4 Å². The van der Waals surface area contributed by atoms with Crippen molar-refractivity contribution in [1.29, 1.82) is 0 Å². The molecule has 0 spiro atoms. The summed E-state index contributed by atoms with van der Waals surface area (Å²) in [6, 6.07) is 9.42. The lowest BCUT2D eigenvalue weighted by Crippen LogP contribution is -2.20. The van der Waals surface area contributed by atoms with E-state index in [1.807, 2.05) is 0 Å². The van der Waals surface area contributed by atoms with E-state index in [1.54, 1.807) is 50.2 Å². The molecule has 0 heterocycles. The predicted molar refractivity (Wildman–Crippen MR) is 90.6 cm³/mol. The molecule has 24 heavy (non-hydrogen) atoms. The summed E-state index contributed by atoms with van der Waals surface area (Å²) in [7, 11) is 0. The summed E-state index contributed by atoms with van der Waals surface area (Å²) < 4.78 is 0. The Morgan fingerprint density at radius 1 is 0.833 bits per heavy atom. The average molecular weight is 322 g/mol. The van der Waals surface area contributed by atoms with Crippen LogP contribution in [0.15, 0.2) is 46.4 Å². The van der Waals surface area contributed by atoms with Crippen LogP contribution in [0.4, 0.5) is 27.5 Å². The summed E-state index contributed by atoms with van der Waals surface area (Å²) in [6.45, 7) is 3.58. The molecule has 2 aromatic carbocycles. The average Bonchev–Trinajstić information content (AvgIpc) is 2.53. The number of anilines is 2. The molecule has 2 rings (SSSR count). The Morgan fingerprint density at radius 2 is 1.25 bits per heavy atom. The van der Waals surface area contributed by atoms with Crippen LogP contribution < -0.4 is 10.6 Å². The first-order chi connectivity index (χ1) is 11.5. The van der Waals surface area contributed by atoms with E-state index >= 15 is 0 Å². The van der Waals surface area contributed by atoms with E-state index in [-0.39, 0.29) is 0 Å². The number of aliphatic imine (C=N–C) groups is 2. The minimum atomic E-state index is -0.417. The first-order valence-corrected chi connectivity index (χ1v) is 6.98. The van der Waals surface area contributed by atoms with Crippen LogP contribution in [0.5, 0.6) is 0 Å². The Kier molecular flexibility index (Phi) is 5.36. The predicted octanol–water partition coefficient (Wildman–Crippen LogP) is 3.88. The molecule has 7 heteroatoms. The molecule has 0 radical (unpaired) electrons. The number of aryl methyl sites for hydroxylation is 2. The highest BCUT2D eigenvalue weighted by Crippen LogP contribution is 2.23. The molecule has 0 fully saturated rings. The van der Waals surface area contributed by atoms with Crippen molar-refractivity contribution in [2.24, 2.45) is 9.98 Å². The number of carbonyl (C=O) groups is 1. The number of hydrogen-bond acceptors (Lipinski definition) is 5. The first-order valence-electron chi connectivity index (χ1n) is 6.98. The third-order valence-electron chi connectivity index (χ3n) is 3.27. The highest BCUT2D eigenvalue weighted by atomic mass is 16.2. The topological polar surface area (TPSA) is 100.0 Å². The van der Waals surface area contributed by atoms with E-state index in [2.05, 4.69) is 20.6 Å². The Morgan fingerprint density at radius 3 is 1.58 bits per heavy atom. The fraction of sp³-hybridized carbons (Fsp3) is 0.118. The number of isocyanates is 2. The molecule has 0 aliphatic carbocycles. The van der Waals surface area contributed by atoms with E-state index in [9.17, 15) is 14.4 Å². The fourth-order valence-corrected chi connectivity index (χ4v) is 2.10. The summed E-state index contributed by atoms with van der Waals surface area (Å²) in [5.74, 6) is 0. The van der Waals surface area contributed by atoms with Crippen molar-refractivity contribution in [3.05, 3.63) is 47.5 Å². The molecule has 7 nitrogen and oxygen atoms in total. The van der Waals surface area contributed by atoms with Gasteiger partial charge in [0.15, 0.2) is 0 Å². The third kappa shape index (κ3) is 4.24. The smallest absolute Gasteiger partial charge is 0.307 e. The number of carbonyl (C=O) groups excluding carboxylic acids is 3. The van der Waals surface area contributed by atoms with E-state index in [0.29, 0.717) is 22.7 Å². The zero-order valence-electron chi connectivity index (χ0n) is 13.1. The van der Waals surface area contributed by atoms with Crippen molar-refractivity contribution in [1.82, 2.24) is 0 Å². The van der Waals surface area contributed by atoms with Crippen LogP contribution in [-0.2, 0) is 9.59 Å². The second-order valence-corrected chi connectivity index (χ2v) is 4.98. The van der Waals surface area contributed by atoms with Crippen LogP contribution in [-0.4, -0.2) is 18.2 Å². The molecular formula is C17H14N4O3. The van der Waals surface area contributed by atoms with Gasteiger partial charge in [0.25, 0.3) is 0 Å². The lowest BCUT2D eigenvalue weighted by atomic mass is 10.1. The van der Waals surface area contributed by atoms with Gasteiger partial charge in [-0.15, -0.1) is 0 Å². The zero-order chi connectivity index (χ0) is 17.5. The summed E-state index contributed by atoms with van der Waals surface area (Å²) in [6.07, 6.45) is 2.93. The van der Waals surface area contributed by atoms with Crippen molar-refractivity contribution in [3.8, 4) is 0 Å². The van der Waals surface area contributed by atoms with Crippen LogP contribution >= 0.6 is 0 Å². The highest BCUT2D eigenvalue weighted by molar-refractivity contribution is 6.00. The number of urea groups is 1. The molecule has 0 aliphatic heterocycles. The van der Waals surface area contributed by atoms with E-state index in [0.717, 1.165) is 11.1 Å². The maximum Gasteiger partial charge on any atom is 0.323 e. The molecule has 0 unspecified atom stereocenters. The van der Waals surface area contributed by atoms with Gasteiger partial charge in [0.1, 0.15) is 0 Å². The van der Waals surface area contributed by atoms with Gasteiger partial charge < -0.3 is 10.6 Å². The largest absolute Gasteiger partial charge is 0.323 e. The Bertz CT molecular complexity index is 808. The van der Waals surface area contributed by atoms with Gasteiger partial charge in [-0.3, -0.25) is 0 Å². The Hall–Kier alpha value is -3.53. The number of nitrogens with one attached hydrogen (secondary N) is 2. The molecule has 0 aromatic heterocycles. The second kappa shape index (κ2) is 7.65. The molecule has 0 aliphatic rings. The van der Waals surface area contributed by atoms with Gasteiger partial charge in [-0.2, -0.15) is 9.98 Å². The summed E-state index contributed by atoms with van der Waals surface area (Å²) >= 11 is 0. The van der Waals surface area contributed by atoms with Crippen LogP contribution in [0.25, 0.3) is 0 Å². The van der Waals surface area contributed by atoms with Crippen molar-refractivity contribution < 1.29 is 14.4 Å². The van der Waals surface area contributed by atoms with Crippen LogP contribution in [0, 0.1) is 13.8 Å². The molecule has 2 aromatic rings. The molecule has 2 amide bonds. The molecule has 0 atom stereocenters. The molecule has 120 valence electrons. The van der Waals surface area contributed by atoms with Crippen LogP contribution in [0.2, 0.25) is 0 Å². The maximum atomic E-state index is 12.1. The third-order valence-corrected chi connectivity index (χ3v) is 3.27. The van der Waals surface area contributed by atoms with Crippen molar-refractivity contribution >= 4 is 40.9 Å². The number of amides is 2. The van der Waals surface area contributed by atoms with Crippen molar-refractivity contribution in [3.63, 3.8) is 0 Å². The first kappa shape index (κ1) is 16.8. The standard InChI is InChI=1S/C17H14N4O3/c1-11-7-13(18-9-22)3-5-15(11)20-17(24)21-16-6-4-14(19-10-23)8-12(16)2/h3-8H,1-2H3,(H2,20,21,24). The Labute approximate surface area is 138 Å². The number of hydrogen-bond donors (Lipinski definition) is 2. The summed E-state index contributed by atoms with van der Waals surface area (Å²) in [5, 5.41) is 5.44. The van der Waals surface area contributed by atoms with Gasteiger partial charge in [0.2, 0.25) is 12.2 Å². The zero-order valence-corrected chi connectivity index (χ0v) is 13.1. The molecule has 0 saturated carbocycles. The second-order valence-electron chi connectivity index (χ2n) is 4.98. The molecule has 0 bridgehead atoms. The molecule has 0 saturated heterocycles. The van der Waals surface area contributed by atoms with E-state index in [4.69, 9.17) is 0 Å². The van der Waals surface area contributed by atoms with Crippen LogP contribution in [0.1, 0.15) is 11.1 Å². The van der Waals surface area contributed by atoms with Crippen molar-refractivity contribution in [2.75, 3.05) is 10.6 Å². The summed E-state index contributed by atoms with van der Waals surface area (Å²) in [5.41, 5.74) is 3.64. The minimum Gasteiger partial charge on any atom is -0.307 e. The van der Waals surface area contributed by atoms with Crippen LogP contribution in [0.3, 0.4) is 0 Å². The maximum absolute atomic E-state index is 12.1. The molecule has 2 N–H and O–H groups in total. The van der Waals surface area contributed by atoms with Gasteiger partial charge in [0.05, 0.1) is 11.4 Å². The van der Waals surface area contributed by atoms with Gasteiger partial charge >= 0.3 is 6.03 Å².